The van der Waals surface area contributed by atoms with Gasteiger partial charge in [0.15, 0.2) is 0 Å². The largest absolute Gasteiger partial charge is 0.481 e. The molecule has 0 aliphatic rings. The van der Waals surface area contributed by atoms with Gasteiger partial charge in [0, 0.05) is 18.3 Å². The Morgan fingerprint density at radius 1 is 1.59 bits per heavy atom. The molecular formula is C10H9N3O4. The molecule has 17 heavy (non-hydrogen) atoms. The monoisotopic (exact) mass is 235 g/mol. The molecule has 0 spiro atoms. The van der Waals surface area contributed by atoms with Crippen LogP contribution in [-0.4, -0.2) is 22.5 Å². The van der Waals surface area contributed by atoms with Crippen LogP contribution in [-0.2, 0) is 4.79 Å². The molecule has 1 aromatic carbocycles. The molecule has 0 heterocycles. The van der Waals surface area contributed by atoms with Gasteiger partial charge in [-0.15, -0.1) is 0 Å². The smallest absolute Gasteiger partial charge is 0.305 e. The first-order valence-electron chi connectivity index (χ1n) is 4.69. The Balaban J connectivity index is 2.80. The molecule has 0 bridgehead atoms. The lowest BCUT2D eigenvalue weighted by Crippen LogP contribution is -2.07. The highest BCUT2D eigenvalue weighted by atomic mass is 16.6. The van der Waals surface area contributed by atoms with Crippen LogP contribution in [0.4, 0.5) is 11.4 Å². The van der Waals surface area contributed by atoms with Gasteiger partial charge in [0.25, 0.3) is 5.69 Å². The Hall–Kier alpha value is -2.62. The van der Waals surface area contributed by atoms with E-state index in [4.69, 9.17) is 10.4 Å². The molecule has 0 aliphatic heterocycles. The van der Waals surface area contributed by atoms with Gasteiger partial charge in [-0.25, -0.2) is 0 Å². The standard InChI is InChI=1S/C10H9N3O4/c11-6-7-5-8(12-4-3-10(14)15)1-2-9(7)13(16)17/h1-2,5,12H,3-4H2,(H,14,15). The van der Waals surface area contributed by atoms with Crippen molar-refractivity contribution in [3.8, 4) is 6.07 Å². The summed E-state index contributed by atoms with van der Waals surface area (Å²) in [6.07, 6.45) is -0.0706. The van der Waals surface area contributed by atoms with Crippen LogP contribution in [0.2, 0.25) is 0 Å². The summed E-state index contributed by atoms with van der Waals surface area (Å²) < 4.78 is 0. The number of aliphatic carboxylic acids is 1. The predicted octanol–water partition coefficient (Wildman–Crippen LogP) is 1.35. The van der Waals surface area contributed by atoms with E-state index in [0.29, 0.717) is 5.69 Å². The van der Waals surface area contributed by atoms with Crippen LogP contribution in [0.25, 0.3) is 0 Å². The highest BCUT2D eigenvalue weighted by Gasteiger charge is 2.13. The number of nitriles is 1. The van der Waals surface area contributed by atoms with E-state index in [1.165, 1.54) is 18.2 Å². The van der Waals surface area contributed by atoms with Crippen LogP contribution in [0.1, 0.15) is 12.0 Å². The summed E-state index contributed by atoms with van der Waals surface area (Å²) in [5, 5.41) is 30.5. The van der Waals surface area contributed by atoms with Crippen molar-refractivity contribution < 1.29 is 14.8 Å². The van der Waals surface area contributed by atoms with Crippen LogP contribution in [0, 0.1) is 21.4 Å². The minimum Gasteiger partial charge on any atom is -0.481 e. The van der Waals surface area contributed by atoms with Gasteiger partial charge >= 0.3 is 5.97 Å². The molecule has 0 unspecified atom stereocenters. The SMILES string of the molecule is N#Cc1cc(NCCC(=O)O)ccc1[N+](=O)[O-]. The maximum Gasteiger partial charge on any atom is 0.305 e. The van der Waals surface area contributed by atoms with Crippen LogP contribution in [0.5, 0.6) is 0 Å². The van der Waals surface area contributed by atoms with Gasteiger partial charge in [0.05, 0.1) is 11.3 Å². The normalized spacial score (nSPS) is 9.35. The first kappa shape index (κ1) is 12.4. The molecule has 0 saturated carbocycles. The molecule has 0 aliphatic carbocycles. The van der Waals surface area contributed by atoms with Gasteiger partial charge < -0.3 is 10.4 Å². The number of hydrogen-bond donors (Lipinski definition) is 2. The van der Waals surface area contributed by atoms with Gasteiger partial charge in [-0.05, 0) is 12.1 Å². The third-order valence-corrected chi connectivity index (χ3v) is 1.98. The Morgan fingerprint density at radius 3 is 2.82 bits per heavy atom. The molecule has 88 valence electrons. The van der Waals surface area contributed by atoms with E-state index >= 15 is 0 Å². The van der Waals surface area contributed by atoms with Gasteiger partial charge in [-0.1, -0.05) is 0 Å². The van der Waals surface area contributed by atoms with Crippen molar-refractivity contribution in [2.45, 2.75) is 6.42 Å². The summed E-state index contributed by atoms with van der Waals surface area (Å²) >= 11 is 0. The summed E-state index contributed by atoms with van der Waals surface area (Å²) in [5.41, 5.74) is 0.153. The van der Waals surface area contributed by atoms with E-state index in [0.717, 1.165) is 0 Å². The van der Waals surface area contributed by atoms with Crippen molar-refractivity contribution in [3.05, 3.63) is 33.9 Å². The van der Waals surface area contributed by atoms with Crippen molar-refractivity contribution in [1.29, 1.82) is 5.26 Å². The number of carboxylic acids is 1. The number of anilines is 1. The molecule has 1 aromatic rings. The number of carboxylic acid groups (broad SMARTS) is 1. The van der Waals surface area contributed by atoms with Crippen molar-refractivity contribution in [3.63, 3.8) is 0 Å². The molecule has 0 fully saturated rings. The van der Waals surface area contributed by atoms with Gasteiger partial charge in [0.2, 0.25) is 0 Å². The van der Waals surface area contributed by atoms with E-state index in [1.54, 1.807) is 6.07 Å². The topological polar surface area (TPSA) is 116 Å². The van der Waals surface area contributed by atoms with Crippen molar-refractivity contribution in [1.82, 2.24) is 0 Å². The summed E-state index contributed by atoms with van der Waals surface area (Å²) in [6.45, 7) is 0.192. The van der Waals surface area contributed by atoms with E-state index in [9.17, 15) is 14.9 Å². The number of nitrogens with zero attached hydrogens (tertiary/aromatic N) is 2. The second-order valence-electron chi connectivity index (χ2n) is 3.17. The first-order chi connectivity index (χ1) is 8.04. The summed E-state index contributed by atoms with van der Waals surface area (Å²) in [6, 6.07) is 5.68. The summed E-state index contributed by atoms with van der Waals surface area (Å²) in [7, 11) is 0. The highest BCUT2D eigenvalue weighted by molar-refractivity contribution is 5.67. The molecule has 7 nitrogen and oxygen atoms in total. The molecule has 0 atom stereocenters. The number of nitro groups is 1. The maximum absolute atomic E-state index is 10.6. The zero-order valence-electron chi connectivity index (χ0n) is 8.71. The van der Waals surface area contributed by atoms with Crippen LogP contribution < -0.4 is 5.32 Å². The molecule has 1 rings (SSSR count). The average molecular weight is 235 g/mol. The van der Waals surface area contributed by atoms with Gasteiger partial charge in [0.1, 0.15) is 11.6 Å². The number of nitro benzene ring substituents is 1. The third-order valence-electron chi connectivity index (χ3n) is 1.98. The van der Waals surface area contributed by atoms with Crippen molar-refractivity contribution in [2.24, 2.45) is 0 Å². The zero-order valence-corrected chi connectivity index (χ0v) is 8.71. The minimum atomic E-state index is -0.945. The fourth-order valence-electron chi connectivity index (χ4n) is 1.21. The molecule has 0 aromatic heterocycles. The average Bonchev–Trinajstić information content (AvgIpc) is 2.28. The molecule has 2 N–H and O–H groups in total. The molecule has 0 radical (unpaired) electrons. The maximum atomic E-state index is 10.6. The quantitative estimate of drug-likeness (QED) is 0.587. The predicted molar refractivity (Wildman–Crippen MR) is 58.6 cm³/mol. The number of hydrogen-bond acceptors (Lipinski definition) is 5. The summed E-state index contributed by atoms with van der Waals surface area (Å²) in [5.74, 6) is -0.945. The van der Waals surface area contributed by atoms with E-state index in [1.807, 2.05) is 0 Å². The number of benzene rings is 1. The lowest BCUT2D eigenvalue weighted by atomic mass is 10.1. The fraction of sp³-hybridized carbons (Fsp3) is 0.200. The van der Waals surface area contributed by atoms with E-state index in [2.05, 4.69) is 5.32 Å². The zero-order chi connectivity index (χ0) is 12.8. The van der Waals surface area contributed by atoms with Gasteiger partial charge in [-0.2, -0.15) is 5.26 Å². The number of nitrogens with one attached hydrogen (secondary N) is 1. The Kier molecular flexibility index (Phi) is 4.00. The van der Waals surface area contributed by atoms with Gasteiger partial charge in [-0.3, -0.25) is 14.9 Å². The van der Waals surface area contributed by atoms with Crippen LogP contribution >= 0.6 is 0 Å². The Labute approximate surface area is 96.4 Å². The Bertz CT molecular complexity index is 493. The number of carbonyl (C=O) groups is 1. The second-order valence-corrected chi connectivity index (χ2v) is 3.17. The van der Waals surface area contributed by atoms with Crippen molar-refractivity contribution in [2.75, 3.05) is 11.9 Å². The van der Waals surface area contributed by atoms with E-state index < -0.39 is 10.9 Å². The van der Waals surface area contributed by atoms with Crippen LogP contribution in [0.15, 0.2) is 18.2 Å². The third kappa shape index (κ3) is 3.46. The molecular weight excluding hydrogens is 226 g/mol. The molecule has 0 saturated heterocycles. The lowest BCUT2D eigenvalue weighted by molar-refractivity contribution is -0.385. The summed E-state index contributed by atoms with van der Waals surface area (Å²) in [4.78, 5) is 20.2. The molecule has 0 amide bonds. The lowest BCUT2D eigenvalue weighted by Gasteiger charge is -2.04. The number of rotatable bonds is 5. The highest BCUT2D eigenvalue weighted by Crippen LogP contribution is 2.21. The second kappa shape index (κ2) is 5.46. The van der Waals surface area contributed by atoms with Crippen LogP contribution in [0.3, 0.4) is 0 Å². The van der Waals surface area contributed by atoms with Crippen molar-refractivity contribution >= 4 is 17.3 Å². The van der Waals surface area contributed by atoms with E-state index in [-0.39, 0.29) is 24.2 Å². The Morgan fingerprint density at radius 2 is 2.29 bits per heavy atom. The fourth-order valence-corrected chi connectivity index (χ4v) is 1.21. The first-order valence-corrected chi connectivity index (χ1v) is 4.69. The minimum absolute atomic E-state index is 0.0599. The molecule has 7 heteroatoms.